The second-order valence-corrected chi connectivity index (χ2v) is 3.68. The van der Waals surface area contributed by atoms with Crippen LogP contribution in [0.15, 0.2) is 43.0 Å². The lowest BCUT2D eigenvalue weighted by Gasteiger charge is -2.13. The first-order valence-corrected chi connectivity index (χ1v) is 5.27. The summed E-state index contributed by atoms with van der Waals surface area (Å²) >= 11 is 0. The van der Waals surface area contributed by atoms with Crippen LogP contribution in [0, 0.1) is 0 Å². The second-order valence-electron chi connectivity index (χ2n) is 3.68. The summed E-state index contributed by atoms with van der Waals surface area (Å²) in [7, 11) is 0. The van der Waals surface area contributed by atoms with E-state index >= 15 is 0 Å². The molecule has 0 saturated carbocycles. The van der Waals surface area contributed by atoms with Crippen LogP contribution >= 0.6 is 0 Å². The molecule has 0 radical (unpaired) electrons. The quantitative estimate of drug-likeness (QED) is 0.844. The van der Waals surface area contributed by atoms with Crippen molar-refractivity contribution in [1.82, 2.24) is 15.0 Å². The molecule has 1 N–H and O–H groups in total. The third-order valence-electron chi connectivity index (χ3n) is 2.23. The summed E-state index contributed by atoms with van der Waals surface area (Å²) in [6, 6.07) is 6.14. The van der Waals surface area contributed by atoms with Crippen molar-refractivity contribution in [2.45, 2.75) is 19.4 Å². The maximum Gasteiger partial charge on any atom is 0.222 e. The summed E-state index contributed by atoms with van der Waals surface area (Å²) < 4.78 is 0. The SMILES string of the molecule is CC(Cc1ccncc1)Nc1ncccn1. The van der Waals surface area contributed by atoms with Crippen LogP contribution in [0.4, 0.5) is 5.95 Å². The molecule has 0 aromatic carbocycles. The van der Waals surface area contributed by atoms with E-state index in [1.54, 1.807) is 30.9 Å². The van der Waals surface area contributed by atoms with E-state index in [1.807, 2.05) is 12.1 Å². The van der Waals surface area contributed by atoms with E-state index in [1.165, 1.54) is 5.56 Å². The first-order chi connectivity index (χ1) is 7.84. The van der Waals surface area contributed by atoms with Gasteiger partial charge in [0.25, 0.3) is 0 Å². The lowest BCUT2D eigenvalue weighted by Crippen LogP contribution is -2.19. The Bertz CT molecular complexity index is 374. The molecule has 1 atom stereocenters. The summed E-state index contributed by atoms with van der Waals surface area (Å²) in [5.41, 5.74) is 1.26. The van der Waals surface area contributed by atoms with Gasteiger partial charge in [-0.25, -0.2) is 9.97 Å². The van der Waals surface area contributed by atoms with Crippen molar-refractivity contribution in [1.29, 1.82) is 0 Å². The van der Waals surface area contributed by atoms with Crippen molar-refractivity contribution in [3.05, 3.63) is 48.5 Å². The maximum atomic E-state index is 4.13. The highest BCUT2D eigenvalue weighted by Gasteiger charge is 2.04. The Kier molecular flexibility index (Phi) is 3.43. The van der Waals surface area contributed by atoms with Gasteiger partial charge in [-0.3, -0.25) is 4.98 Å². The van der Waals surface area contributed by atoms with Crippen LogP contribution < -0.4 is 5.32 Å². The summed E-state index contributed by atoms with van der Waals surface area (Å²) in [5.74, 6) is 0.670. The smallest absolute Gasteiger partial charge is 0.222 e. The van der Waals surface area contributed by atoms with Crippen molar-refractivity contribution in [2.75, 3.05) is 5.32 Å². The lowest BCUT2D eigenvalue weighted by atomic mass is 10.1. The van der Waals surface area contributed by atoms with E-state index < -0.39 is 0 Å². The average molecular weight is 214 g/mol. The average Bonchev–Trinajstić information content (AvgIpc) is 2.31. The largest absolute Gasteiger partial charge is 0.351 e. The molecule has 1 unspecified atom stereocenters. The molecule has 0 aliphatic rings. The van der Waals surface area contributed by atoms with Gasteiger partial charge in [0.15, 0.2) is 0 Å². The van der Waals surface area contributed by atoms with Crippen molar-refractivity contribution in [3.8, 4) is 0 Å². The van der Waals surface area contributed by atoms with Crippen molar-refractivity contribution in [3.63, 3.8) is 0 Å². The van der Waals surface area contributed by atoms with E-state index in [9.17, 15) is 0 Å². The maximum absolute atomic E-state index is 4.13. The normalized spacial score (nSPS) is 12.1. The number of nitrogens with zero attached hydrogens (tertiary/aromatic N) is 3. The Morgan fingerprint density at radius 1 is 1.12 bits per heavy atom. The second kappa shape index (κ2) is 5.21. The Hall–Kier alpha value is -1.97. The van der Waals surface area contributed by atoms with Crippen LogP contribution in [0.1, 0.15) is 12.5 Å². The number of rotatable bonds is 4. The number of anilines is 1. The minimum atomic E-state index is 0.296. The van der Waals surface area contributed by atoms with Gasteiger partial charge in [-0.05, 0) is 37.1 Å². The van der Waals surface area contributed by atoms with E-state index in [2.05, 4.69) is 27.2 Å². The minimum Gasteiger partial charge on any atom is -0.351 e. The fourth-order valence-corrected chi connectivity index (χ4v) is 1.52. The van der Waals surface area contributed by atoms with Gasteiger partial charge in [0.2, 0.25) is 5.95 Å². The van der Waals surface area contributed by atoms with Gasteiger partial charge in [0, 0.05) is 30.8 Å². The van der Waals surface area contributed by atoms with Crippen molar-refractivity contribution < 1.29 is 0 Å². The molecule has 2 aromatic heterocycles. The molecule has 0 amide bonds. The highest BCUT2D eigenvalue weighted by molar-refractivity contribution is 5.25. The van der Waals surface area contributed by atoms with Crippen molar-refractivity contribution in [2.24, 2.45) is 0 Å². The topological polar surface area (TPSA) is 50.7 Å². The Balaban J connectivity index is 1.92. The molecular weight excluding hydrogens is 200 g/mol. The Morgan fingerprint density at radius 3 is 2.50 bits per heavy atom. The summed E-state index contributed by atoms with van der Waals surface area (Å²) in [4.78, 5) is 12.2. The van der Waals surface area contributed by atoms with Gasteiger partial charge in [0.05, 0.1) is 0 Å². The van der Waals surface area contributed by atoms with Crippen LogP contribution in [0.5, 0.6) is 0 Å². The Morgan fingerprint density at radius 2 is 1.81 bits per heavy atom. The van der Waals surface area contributed by atoms with Gasteiger partial charge in [-0.2, -0.15) is 0 Å². The highest BCUT2D eigenvalue weighted by Crippen LogP contribution is 2.05. The van der Waals surface area contributed by atoms with Gasteiger partial charge >= 0.3 is 0 Å². The van der Waals surface area contributed by atoms with Gasteiger partial charge < -0.3 is 5.32 Å². The lowest BCUT2D eigenvalue weighted by molar-refractivity contribution is 0.776. The summed E-state index contributed by atoms with van der Waals surface area (Å²) in [6.45, 7) is 2.11. The van der Waals surface area contributed by atoms with Gasteiger partial charge in [0.1, 0.15) is 0 Å². The summed E-state index contributed by atoms with van der Waals surface area (Å²) in [5, 5.41) is 3.25. The molecule has 0 fully saturated rings. The zero-order valence-electron chi connectivity index (χ0n) is 9.17. The number of nitrogens with one attached hydrogen (secondary N) is 1. The minimum absolute atomic E-state index is 0.296. The molecule has 0 aliphatic carbocycles. The Labute approximate surface area is 94.8 Å². The standard InChI is InChI=1S/C12H14N4/c1-10(9-11-3-7-13-8-4-11)16-12-14-5-2-6-15-12/h2-8,10H,9H2,1H3,(H,14,15,16). The van der Waals surface area contributed by atoms with E-state index in [-0.39, 0.29) is 0 Å². The van der Waals surface area contributed by atoms with E-state index in [0.717, 1.165) is 6.42 Å². The summed E-state index contributed by atoms with van der Waals surface area (Å²) in [6.07, 6.45) is 8.01. The third kappa shape index (κ3) is 3.02. The fraction of sp³-hybridized carbons (Fsp3) is 0.250. The fourth-order valence-electron chi connectivity index (χ4n) is 1.52. The molecule has 0 saturated heterocycles. The molecular formula is C12H14N4. The molecule has 2 aromatic rings. The zero-order valence-corrected chi connectivity index (χ0v) is 9.17. The number of aromatic nitrogens is 3. The molecule has 4 heteroatoms. The number of pyridine rings is 1. The predicted octanol–water partition coefficient (Wildman–Crippen LogP) is 1.91. The monoisotopic (exact) mass is 214 g/mol. The number of hydrogen-bond donors (Lipinski definition) is 1. The molecule has 2 rings (SSSR count). The molecule has 82 valence electrons. The van der Waals surface area contributed by atoms with Crippen molar-refractivity contribution >= 4 is 5.95 Å². The van der Waals surface area contributed by atoms with Crippen LogP contribution in [0.2, 0.25) is 0 Å². The molecule has 16 heavy (non-hydrogen) atoms. The molecule has 2 heterocycles. The van der Waals surface area contributed by atoms with Gasteiger partial charge in [-0.1, -0.05) is 0 Å². The van der Waals surface area contributed by atoms with Crippen LogP contribution in [-0.4, -0.2) is 21.0 Å². The van der Waals surface area contributed by atoms with Crippen LogP contribution in [-0.2, 0) is 6.42 Å². The van der Waals surface area contributed by atoms with Gasteiger partial charge in [-0.15, -0.1) is 0 Å². The first kappa shape index (κ1) is 10.5. The highest BCUT2D eigenvalue weighted by atomic mass is 15.1. The zero-order chi connectivity index (χ0) is 11.2. The molecule has 0 spiro atoms. The van der Waals surface area contributed by atoms with Crippen LogP contribution in [0.3, 0.4) is 0 Å². The first-order valence-electron chi connectivity index (χ1n) is 5.27. The van der Waals surface area contributed by atoms with E-state index in [0.29, 0.717) is 12.0 Å². The number of hydrogen-bond acceptors (Lipinski definition) is 4. The van der Waals surface area contributed by atoms with E-state index in [4.69, 9.17) is 0 Å². The molecule has 4 nitrogen and oxygen atoms in total. The molecule has 0 bridgehead atoms. The third-order valence-corrected chi connectivity index (χ3v) is 2.23. The predicted molar refractivity (Wildman–Crippen MR) is 63.1 cm³/mol. The van der Waals surface area contributed by atoms with Crippen LogP contribution in [0.25, 0.3) is 0 Å². The molecule has 0 aliphatic heterocycles.